The second-order valence-electron chi connectivity index (χ2n) is 6.52. The van der Waals surface area contributed by atoms with Gasteiger partial charge >= 0.3 is 0 Å². The zero-order valence-corrected chi connectivity index (χ0v) is 16.3. The van der Waals surface area contributed by atoms with Crippen molar-refractivity contribution in [3.8, 4) is 5.75 Å². The van der Waals surface area contributed by atoms with Gasteiger partial charge in [0.05, 0.1) is 19.1 Å². The number of para-hydroxylation sites is 2. The van der Waals surface area contributed by atoms with Crippen LogP contribution in [0.3, 0.4) is 0 Å². The first-order chi connectivity index (χ1) is 12.4. The molecule has 144 valence electrons. The standard InChI is InChI=1S/C19H28N2O4S/c1-25-18-11-7-6-10-17(18)20-19(22)13-15-21(26(2,23)24)14-12-16-8-4-3-5-9-16/h6-8,10-11H,3-5,9,12-15H2,1-2H3,(H,20,22). The highest BCUT2D eigenvalue weighted by Crippen LogP contribution is 2.23. The minimum Gasteiger partial charge on any atom is -0.495 e. The number of nitrogens with zero attached hydrogens (tertiary/aromatic N) is 1. The third-order valence-electron chi connectivity index (χ3n) is 4.51. The number of methoxy groups -OCH3 is 1. The van der Waals surface area contributed by atoms with Crippen LogP contribution in [0.15, 0.2) is 35.9 Å². The summed E-state index contributed by atoms with van der Waals surface area (Å²) in [6.45, 7) is 0.597. The molecule has 6 nitrogen and oxygen atoms in total. The van der Waals surface area contributed by atoms with Crippen LogP contribution in [0.4, 0.5) is 5.69 Å². The SMILES string of the molecule is COc1ccccc1NC(=O)CCN(CCC1=CCCCC1)S(C)(=O)=O. The van der Waals surface area contributed by atoms with Crippen LogP contribution in [0.1, 0.15) is 38.5 Å². The molecule has 0 spiro atoms. The normalized spacial score (nSPS) is 14.8. The number of nitrogens with one attached hydrogen (secondary N) is 1. The lowest BCUT2D eigenvalue weighted by molar-refractivity contribution is -0.116. The van der Waals surface area contributed by atoms with Crippen LogP contribution in [0, 0.1) is 0 Å². The highest BCUT2D eigenvalue weighted by Gasteiger charge is 2.19. The molecule has 0 radical (unpaired) electrons. The summed E-state index contributed by atoms with van der Waals surface area (Å²) in [5, 5.41) is 2.78. The van der Waals surface area contributed by atoms with Gasteiger partial charge in [-0.1, -0.05) is 23.8 Å². The third kappa shape index (κ3) is 6.46. The fraction of sp³-hybridized carbons (Fsp3) is 0.526. The van der Waals surface area contributed by atoms with Crippen LogP contribution in [0.2, 0.25) is 0 Å². The molecule has 0 unspecified atom stereocenters. The zero-order valence-electron chi connectivity index (χ0n) is 15.5. The van der Waals surface area contributed by atoms with E-state index < -0.39 is 10.0 Å². The molecule has 0 aliphatic heterocycles. The molecule has 1 aromatic rings. The number of hydrogen-bond donors (Lipinski definition) is 1. The number of ether oxygens (including phenoxy) is 1. The molecule has 1 amide bonds. The lowest BCUT2D eigenvalue weighted by Gasteiger charge is -2.21. The Bertz CT molecular complexity index is 744. The summed E-state index contributed by atoms with van der Waals surface area (Å²) in [5.41, 5.74) is 1.90. The van der Waals surface area contributed by atoms with Crippen molar-refractivity contribution in [2.45, 2.75) is 38.5 Å². The Morgan fingerprint density at radius 2 is 2.00 bits per heavy atom. The van der Waals surface area contributed by atoms with Gasteiger partial charge in [-0.05, 0) is 44.2 Å². The zero-order chi connectivity index (χ0) is 19.0. The van der Waals surface area contributed by atoms with Crippen molar-refractivity contribution in [1.29, 1.82) is 0 Å². The molecule has 1 aromatic carbocycles. The van der Waals surface area contributed by atoms with E-state index in [1.807, 2.05) is 6.07 Å². The Morgan fingerprint density at radius 1 is 1.23 bits per heavy atom. The predicted octanol–water partition coefficient (Wildman–Crippen LogP) is 3.18. The van der Waals surface area contributed by atoms with Gasteiger partial charge in [-0.2, -0.15) is 0 Å². The summed E-state index contributed by atoms with van der Waals surface area (Å²) in [4.78, 5) is 12.2. The molecule has 26 heavy (non-hydrogen) atoms. The Hall–Kier alpha value is -1.86. The Kier molecular flexibility index (Phi) is 7.66. The molecule has 0 saturated carbocycles. The topological polar surface area (TPSA) is 75.7 Å². The van der Waals surface area contributed by atoms with Crippen molar-refractivity contribution in [3.05, 3.63) is 35.9 Å². The average molecular weight is 381 g/mol. The van der Waals surface area contributed by atoms with Gasteiger partial charge in [-0.25, -0.2) is 12.7 Å². The minimum absolute atomic E-state index is 0.101. The molecule has 0 fully saturated rings. The molecule has 1 aliphatic carbocycles. The molecule has 0 bridgehead atoms. The first kappa shape index (κ1) is 20.5. The number of allylic oxidation sites excluding steroid dienone is 1. The fourth-order valence-electron chi connectivity index (χ4n) is 3.03. The van der Waals surface area contributed by atoms with E-state index in [-0.39, 0.29) is 18.9 Å². The van der Waals surface area contributed by atoms with Crippen LogP contribution in [0.25, 0.3) is 0 Å². The van der Waals surface area contributed by atoms with Crippen LogP contribution in [-0.2, 0) is 14.8 Å². The van der Waals surface area contributed by atoms with Crippen molar-refractivity contribution in [2.24, 2.45) is 0 Å². The fourth-order valence-corrected chi connectivity index (χ4v) is 3.88. The van der Waals surface area contributed by atoms with Crippen molar-refractivity contribution in [1.82, 2.24) is 4.31 Å². The van der Waals surface area contributed by atoms with Gasteiger partial charge in [0.1, 0.15) is 5.75 Å². The molecule has 0 saturated heterocycles. The van der Waals surface area contributed by atoms with Gasteiger partial charge < -0.3 is 10.1 Å². The highest BCUT2D eigenvalue weighted by atomic mass is 32.2. The van der Waals surface area contributed by atoms with Crippen LogP contribution < -0.4 is 10.1 Å². The van der Waals surface area contributed by atoms with Gasteiger partial charge in [-0.3, -0.25) is 4.79 Å². The van der Waals surface area contributed by atoms with E-state index in [2.05, 4.69) is 11.4 Å². The number of sulfonamides is 1. The Morgan fingerprint density at radius 3 is 2.65 bits per heavy atom. The number of carbonyl (C=O) groups excluding carboxylic acids is 1. The molecule has 0 heterocycles. The molecular weight excluding hydrogens is 352 g/mol. The van der Waals surface area contributed by atoms with Gasteiger partial charge in [0, 0.05) is 19.5 Å². The molecule has 0 aromatic heterocycles. The monoisotopic (exact) mass is 380 g/mol. The van der Waals surface area contributed by atoms with Crippen molar-refractivity contribution < 1.29 is 17.9 Å². The number of anilines is 1. The van der Waals surface area contributed by atoms with E-state index in [0.717, 1.165) is 19.3 Å². The quantitative estimate of drug-likeness (QED) is 0.668. The molecule has 1 aliphatic rings. The second kappa shape index (κ2) is 9.73. The predicted molar refractivity (Wildman–Crippen MR) is 104 cm³/mol. The summed E-state index contributed by atoms with van der Waals surface area (Å²) in [6, 6.07) is 7.13. The molecule has 7 heteroatoms. The summed E-state index contributed by atoms with van der Waals surface area (Å²) in [7, 11) is -1.81. The third-order valence-corrected chi connectivity index (χ3v) is 5.81. The van der Waals surface area contributed by atoms with E-state index in [9.17, 15) is 13.2 Å². The number of rotatable bonds is 9. The van der Waals surface area contributed by atoms with Gasteiger partial charge in [-0.15, -0.1) is 0 Å². The first-order valence-corrected chi connectivity index (χ1v) is 10.8. The summed E-state index contributed by atoms with van der Waals surface area (Å²) in [6.07, 6.45) is 8.76. The first-order valence-electron chi connectivity index (χ1n) is 8.96. The lowest BCUT2D eigenvalue weighted by atomic mass is 9.97. The Balaban J connectivity index is 1.89. The molecule has 1 N–H and O–H groups in total. The van der Waals surface area contributed by atoms with Crippen molar-refractivity contribution in [2.75, 3.05) is 31.8 Å². The maximum atomic E-state index is 12.2. The highest BCUT2D eigenvalue weighted by molar-refractivity contribution is 7.88. The maximum absolute atomic E-state index is 12.2. The van der Waals surface area contributed by atoms with E-state index in [0.29, 0.717) is 18.0 Å². The van der Waals surface area contributed by atoms with Gasteiger partial charge in [0.2, 0.25) is 15.9 Å². The van der Waals surface area contributed by atoms with Gasteiger partial charge in [0.25, 0.3) is 0 Å². The summed E-state index contributed by atoms with van der Waals surface area (Å²) < 4.78 is 30.7. The lowest BCUT2D eigenvalue weighted by Crippen LogP contribution is -2.34. The number of carbonyl (C=O) groups is 1. The van der Waals surface area contributed by atoms with Crippen LogP contribution in [-0.4, -0.2) is 45.1 Å². The van der Waals surface area contributed by atoms with Crippen molar-refractivity contribution >= 4 is 21.6 Å². The van der Waals surface area contributed by atoms with Crippen molar-refractivity contribution in [3.63, 3.8) is 0 Å². The van der Waals surface area contributed by atoms with E-state index in [1.165, 1.54) is 36.1 Å². The summed E-state index contributed by atoms with van der Waals surface area (Å²) >= 11 is 0. The Labute approximate surface area is 156 Å². The number of amides is 1. The van der Waals surface area contributed by atoms with E-state index in [1.54, 1.807) is 18.2 Å². The summed E-state index contributed by atoms with van der Waals surface area (Å²) in [5.74, 6) is 0.338. The van der Waals surface area contributed by atoms with Crippen LogP contribution >= 0.6 is 0 Å². The largest absolute Gasteiger partial charge is 0.495 e. The minimum atomic E-state index is -3.35. The molecule has 0 atom stereocenters. The molecule has 2 rings (SSSR count). The number of hydrogen-bond acceptors (Lipinski definition) is 4. The molecular formula is C19H28N2O4S. The van der Waals surface area contributed by atoms with Crippen LogP contribution in [0.5, 0.6) is 5.75 Å². The number of benzene rings is 1. The van der Waals surface area contributed by atoms with Gasteiger partial charge in [0.15, 0.2) is 0 Å². The van der Waals surface area contributed by atoms with E-state index in [4.69, 9.17) is 4.74 Å². The second-order valence-corrected chi connectivity index (χ2v) is 8.50. The maximum Gasteiger partial charge on any atom is 0.225 e. The van der Waals surface area contributed by atoms with E-state index >= 15 is 0 Å². The smallest absolute Gasteiger partial charge is 0.225 e. The average Bonchev–Trinajstić information content (AvgIpc) is 2.62.